The molecule has 18 heavy (non-hydrogen) atoms. The van der Waals surface area contributed by atoms with Crippen molar-refractivity contribution in [3.63, 3.8) is 0 Å². The normalized spacial score (nSPS) is 14.6. The molecule has 0 aliphatic rings. The van der Waals surface area contributed by atoms with Crippen molar-refractivity contribution in [2.45, 2.75) is 51.9 Å². The zero-order chi connectivity index (χ0) is 14.0. The average Bonchev–Trinajstić information content (AvgIpc) is 2.35. The summed E-state index contributed by atoms with van der Waals surface area (Å²) in [7, 11) is 3.12. The van der Waals surface area contributed by atoms with E-state index >= 15 is 0 Å². The summed E-state index contributed by atoms with van der Waals surface area (Å²) in [5, 5.41) is 2.88. The van der Waals surface area contributed by atoms with Crippen LogP contribution in [0.2, 0.25) is 0 Å². The molecule has 3 N–H and O–H groups in total. The Hall–Kier alpha value is -0.650. The van der Waals surface area contributed by atoms with Gasteiger partial charge in [-0.15, -0.1) is 0 Å². The number of amides is 1. The first-order chi connectivity index (χ1) is 8.58. The summed E-state index contributed by atoms with van der Waals surface area (Å²) in [6.45, 7) is 4.69. The lowest BCUT2D eigenvalue weighted by atomic mass is 9.96. The molecule has 0 aromatic rings. The van der Waals surface area contributed by atoms with E-state index in [1.807, 2.05) is 6.92 Å². The van der Waals surface area contributed by atoms with Crippen LogP contribution in [0.3, 0.4) is 0 Å². The predicted octanol–water partition coefficient (Wildman–Crippen LogP) is 1.27. The number of ether oxygens (including phenoxy) is 2. The van der Waals surface area contributed by atoms with E-state index in [2.05, 4.69) is 12.2 Å². The Balaban J connectivity index is 3.95. The molecular formula is C13H28N2O3. The first-order valence-electron chi connectivity index (χ1n) is 6.64. The smallest absolute Gasteiger partial charge is 0.220 e. The monoisotopic (exact) mass is 260 g/mol. The van der Waals surface area contributed by atoms with E-state index < -0.39 is 6.29 Å². The minimum Gasteiger partial charge on any atom is -0.354 e. The standard InChI is InChI=1S/C13H28N2O3/c1-5-11(8-9-14)6-7-12(16)15-10(2)13(17-3)18-4/h10-11,13H,5-9,14H2,1-4H3,(H,15,16). The van der Waals surface area contributed by atoms with E-state index in [1.165, 1.54) is 0 Å². The minimum atomic E-state index is -0.403. The summed E-state index contributed by atoms with van der Waals surface area (Å²) < 4.78 is 10.2. The molecule has 0 aliphatic heterocycles. The average molecular weight is 260 g/mol. The van der Waals surface area contributed by atoms with Gasteiger partial charge in [0.15, 0.2) is 6.29 Å². The van der Waals surface area contributed by atoms with Crippen LogP contribution < -0.4 is 11.1 Å². The Morgan fingerprint density at radius 1 is 1.28 bits per heavy atom. The lowest BCUT2D eigenvalue weighted by molar-refractivity contribution is -0.136. The molecule has 5 heteroatoms. The van der Waals surface area contributed by atoms with Gasteiger partial charge in [-0.1, -0.05) is 13.3 Å². The fraction of sp³-hybridized carbons (Fsp3) is 0.923. The largest absolute Gasteiger partial charge is 0.354 e. The molecule has 0 aromatic carbocycles. The zero-order valence-corrected chi connectivity index (χ0v) is 12.1. The van der Waals surface area contributed by atoms with Crippen molar-refractivity contribution in [1.29, 1.82) is 0 Å². The summed E-state index contributed by atoms with van der Waals surface area (Å²) in [6, 6.07) is -0.151. The molecule has 0 aromatic heterocycles. The van der Waals surface area contributed by atoms with Gasteiger partial charge in [0.1, 0.15) is 0 Å². The van der Waals surface area contributed by atoms with Gasteiger partial charge in [-0.25, -0.2) is 0 Å². The van der Waals surface area contributed by atoms with Gasteiger partial charge in [0.25, 0.3) is 0 Å². The number of nitrogens with two attached hydrogens (primary N) is 1. The van der Waals surface area contributed by atoms with Gasteiger partial charge in [0.2, 0.25) is 5.91 Å². The summed E-state index contributed by atoms with van der Waals surface area (Å²) in [5.41, 5.74) is 5.53. The van der Waals surface area contributed by atoms with Crippen LogP contribution in [0.4, 0.5) is 0 Å². The van der Waals surface area contributed by atoms with Gasteiger partial charge in [0, 0.05) is 20.6 Å². The summed E-state index contributed by atoms with van der Waals surface area (Å²) in [4.78, 5) is 11.8. The Bertz CT molecular complexity index is 220. The van der Waals surface area contributed by atoms with E-state index in [0.29, 0.717) is 18.9 Å². The summed E-state index contributed by atoms with van der Waals surface area (Å²) in [5.74, 6) is 0.578. The molecule has 1 amide bonds. The van der Waals surface area contributed by atoms with Gasteiger partial charge < -0.3 is 20.5 Å². The maximum atomic E-state index is 11.8. The SMILES string of the molecule is CCC(CCN)CCC(=O)NC(C)C(OC)OC. The van der Waals surface area contributed by atoms with E-state index in [-0.39, 0.29) is 11.9 Å². The first-order valence-corrected chi connectivity index (χ1v) is 6.64. The molecule has 108 valence electrons. The maximum absolute atomic E-state index is 11.8. The zero-order valence-electron chi connectivity index (χ0n) is 12.1. The molecule has 0 spiro atoms. The van der Waals surface area contributed by atoms with E-state index in [0.717, 1.165) is 19.3 Å². The predicted molar refractivity (Wildman–Crippen MR) is 72.1 cm³/mol. The Morgan fingerprint density at radius 3 is 2.33 bits per heavy atom. The van der Waals surface area contributed by atoms with Crippen molar-refractivity contribution in [2.75, 3.05) is 20.8 Å². The number of hydrogen-bond acceptors (Lipinski definition) is 4. The lowest BCUT2D eigenvalue weighted by Crippen LogP contribution is -2.43. The fourth-order valence-corrected chi connectivity index (χ4v) is 2.02. The molecule has 0 aliphatic carbocycles. The van der Waals surface area contributed by atoms with Gasteiger partial charge in [-0.2, -0.15) is 0 Å². The topological polar surface area (TPSA) is 73.6 Å². The lowest BCUT2D eigenvalue weighted by Gasteiger charge is -2.22. The van der Waals surface area contributed by atoms with Crippen molar-refractivity contribution in [2.24, 2.45) is 11.7 Å². The molecule has 2 atom stereocenters. The molecule has 2 unspecified atom stereocenters. The maximum Gasteiger partial charge on any atom is 0.220 e. The number of carbonyl (C=O) groups excluding carboxylic acids is 1. The highest BCUT2D eigenvalue weighted by Crippen LogP contribution is 2.14. The van der Waals surface area contributed by atoms with Crippen molar-refractivity contribution in [3.8, 4) is 0 Å². The van der Waals surface area contributed by atoms with Crippen molar-refractivity contribution >= 4 is 5.91 Å². The van der Waals surface area contributed by atoms with E-state index in [4.69, 9.17) is 15.2 Å². The number of carbonyl (C=O) groups is 1. The second-order valence-corrected chi connectivity index (χ2v) is 4.59. The van der Waals surface area contributed by atoms with Crippen LogP contribution >= 0.6 is 0 Å². The summed E-state index contributed by atoms with van der Waals surface area (Å²) >= 11 is 0. The van der Waals surface area contributed by atoms with Crippen LogP contribution in [0.15, 0.2) is 0 Å². The van der Waals surface area contributed by atoms with Crippen LogP contribution in [-0.2, 0) is 14.3 Å². The van der Waals surface area contributed by atoms with Crippen molar-refractivity contribution in [1.82, 2.24) is 5.32 Å². The summed E-state index contributed by atoms with van der Waals surface area (Å²) in [6.07, 6.45) is 3.07. The quantitative estimate of drug-likeness (QED) is 0.580. The third kappa shape index (κ3) is 6.93. The van der Waals surface area contributed by atoms with Crippen molar-refractivity contribution in [3.05, 3.63) is 0 Å². The highest BCUT2D eigenvalue weighted by Gasteiger charge is 2.18. The number of nitrogens with one attached hydrogen (secondary N) is 1. The van der Waals surface area contributed by atoms with Crippen LogP contribution in [0.5, 0.6) is 0 Å². The molecule has 5 nitrogen and oxygen atoms in total. The molecule has 0 radical (unpaired) electrons. The van der Waals surface area contributed by atoms with E-state index in [9.17, 15) is 4.79 Å². The minimum absolute atomic E-state index is 0.0390. The molecule has 0 fully saturated rings. The molecule has 0 saturated carbocycles. The molecular weight excluding hydrogens is 232 g/mol. The first kappa shape index (κ1) is 17.4. The molecule has 0 rings (SSSR count). The van der Waals surface area contributed by atoms with Gasteiger partial charge in [0.05, 0.1) is 6.04 Å². The van der Waals surface area contributed by atoms with E-state index in [1.54, 1.807) is 14.2 Å². The Labute approximate surface area is 110 Å². The third-order valence-electron chi connectivity index (χ3n) is 3.19. The van der Waals surface area contributed by atoms with Crippen molar-refractivity contribution < 1.29 is 14.3 Å². The fourth-order valence-electron chi connectivity index (χ4n) is 2.02. The van der Waals surface area contributed by atoms with Crippen LogP contribution in [0.1, 0.15) is 39.5 Å². The molecule has 0 saturated heterocycles. The highest BCUT2D eigenvalue weighted by molar-refractivity contribution is 5.76. The Kier molecular flexibility index (Phi) is 9.92. The number of hydrogen-bond donors (Lipinski definition) is 2. The van der Waals surface area contributed by atoms with Crippen LogP contribution in [0, 0.1) is 5.92 Å². The Morgan fingerprint density at radius 2 is 1.89 bits per heavy atom. The van der Waals surface area contributed by atoms with Gasteiger partial charge in [-0.05, 0) is 32.2 Å². The highest BCUT2D eigenvalue weighted by atomic mass is 16.7. The second-order valence-electron chi connectivity index (χ2n) is 4.59. The van der Waals surface area contributed by atoms with Gasteiger partial charge in [-0.3, -0.25) is 4.79 Å². The van der Waals surface area contributed by atoms with Crippen LogP contribution in [0.25, 0.3) is 0 Å². The number of rotatable bonds is 10. The second kappa shape index (κ2) is 10.3. The third-order valence-corrected chi connectivity index (χ3v) is 3.19. The number of methoxy groups -OCH3 is 2. The molecule has 0 bridgehead atoms. The van der Waals surface area contributed by atoms with Gasteiger partial charge >= 0.3 is 0 Å². The molecule has 0 heterocycles. The van der Waals surface area contributed by atoms with Crippen LogP contribution in [-0.4, -0.2) is 39.0 Å².